The van der Waals surface area contributed by atoms with Gasteiger partial charge in [0.05, 0.1) is 16.6 Å². The average molecular weight is 408 g/mol. The van der Waals surface area contributed by atoms with Crippen molar-refractivity contribution in [2.75, 3.05) is 39.3 Å². The summed E-state index contributed by atoms with van der Waals surface area (Å²) in [7, 11) is 0. The van der Waals surface area contributed by atoms with Gasteiger partial charge in [0.25, 0.3) is 11.6 Å². The normalized spacial score (nSPS) is 17.7. The minimum atomic E-state index is -0.0466. The number of rotatable bonds is 7. The van der Waals surface area contributed by atoms with E-state index >= 15 is 0 Å². The van der Waals surface area contributed by atoms with Crippen LogP contribution in [0.5, 0.6) is 0 Å². The van der Waals surface area contributed by atoms with E-state index in [1.165, 1.54) is 0 Å². The Morgan fingerprint density at radius 3 is 2.79 bits per heavy atom. The van der Waals surface area contributed by atoms with Crippen molar-refractivity contribution >= 4 is 29.4 Å². The number of nitrogens with zero attached hydrogens (tertiary/aromatic N) is 3. The fourth-order valence-electron chi connectivity index (χ4n) is 3.69. The molecule has 1 saturated heterocycles. The highest BCUT2D eigenvalue weighted by Gasteiger charge is 2.29. The van der Waals surface area contributed by atoms with E-state index in [0.29, 0.717) is 23.7 Å². The number of pyridine rings is 1. The molecule has 2 aromatic rings. The molecule has 2 fully saturated rings. The van der Waals surface area contributed by atoms with Crippen LogP contribution < -0.4 is 10.6 Å². The van der Waals surface area contributed by atoms with E-state index in [9.17, 15) is 4.79 Å². The van der Waals surface area contributed by atoms with Crippen LogP contribution in [-0.4, -0.2) is 60.2 Å². The van der Waals surface area contributed by atoms with Gasteiger partial charge >= 0.3 is 0 Å². The average Bonchev–Trinajstić information content (AvgIpc) is 3.44. The fourth-order valence-corrected chi connectivity index (χ4v) is 3.69. The van der Waals surface area contributed by atoms with Crippen molar-refractivity contribution in [2.24, 2.45) is 0 Å². The molecule has 2 aromatic heterocycles. The van der Waals surface area contributed by atoms with Crippen molar-refractivity contribution in [3.05, 3.63) is 23.0 Å². The second kappa shape index (κ2) is 9.20. The van der Waals surface area contributed by atoms with Crippen LogP contribution in [0.3, 0.4) is 0 Å². The van der Waals surface area contributed by atoms with Crippen LogP contribution in [0.4, 0.5) is 0 Å². The van der Waals surface area contributed by atoms with E-state index in [0.717, 1.165) is 68.8 Å². The van der Waals surface area contributed by atoms with Crippen LogP contribution in [0.1, 0.15) is 66.7 Å². The highest BCUT2D eigenvalue weighted by Crippen LogP contribution is 2.41. The summed E-state index contributed by atoms with van der Waals surface area (Å²) in [5, 5.41) is 11.4. The molecule has 0 radical (unpaired) electrons. The number of halogens is 1. The maximum atomic E-state index is 12.9. The van der Waals surface area contributed by atoms with Gasteiger partial charge in [0.15, 0.2) is 0 Å². The zero-order valence-electron chi connectivity index (χ0n) is 16.7. The van der Waals surface area contributed by atoms with E-state index in [-0.39, 0.29) is 24.2 Å². The smallest absolute Gasteiger partial charge is 0.259 e. The molecule has 7 nitrogen and oxygen atoms in total. The molecule has 4 rings (SSSR count). The lowest BCUT2D eigenvalue weighted by molar-refractivity contribution is 0.0952. The van der Waals surface area contributed by atoms with Crippen molar-refractivity contribution < 1.29 is 9.32 Å². The Morgan fingerprint density at radius 1 is 1.36 bits per heavy atom. The lowest BCUT2D eigenvalue weighted by Crippen LogP contribution is -2.44. The molecule has 1 amide bonds. The first-order valence-corrected chi connectivity index (χ1v) is 10.1. The molecular formula is C20H30ClN5O2. The quantitative estimate of drug-likeness (QED) is 0.686. The van der Waals surface area contributed by atoms with E-state index in [1.54, 1.807) is 0 Å². The molecule has 0 spiro atoms. The molecule has 2 aliphatic rings. The van der Waals surface area contributed by atoms with Crippen LogP contribution in [0.15, 0.2) is 10.6 Å². The highest BCUT2D eigenvalue weighted by molar-refractivity contribution is 6.06. The van der Waals surface area contributed by atoms with Gasteiger partial charge in [-0.15, -0.1) is 12.4 Å². The molecule has 2 N–H and O–H groups in total. The summed E-state index contributed by atoms with van der Waals surface area (Å²) in [4.78, 5) is 20.0. The molecule has 1 saturated carbocycles. The summed E-state index contributed by atoms with van der Waals surface area (Å²) < 4.78 is 5.47. The standard InChI is InChI=1S/C20H29N5O2.ClH/c1-13(2)18-17-15(12-16(14-4-5-14)23-20(17)27-24-18)19(26)22-6-3-9-25-10-7-21-8-11-25;/h12-14,21H,3-11H2,1-2H3,(H,22,26);1H. The Labute approximate surface area is 172 Å². The third kappa shape index (κ3) is 4.64. The first-order chi connectivity index (χ1) is 13.1. The zero-order valence-corrected chi connectivity index (χ0v) is 17.5. The van der Waals surface area contributed by atoms with Crippen molar-refractivity contribution in [3.63, 3.8) is 0 Å². The minimum absolute atomic E-state index is 0. The van der Waals surface area contributed by atoms with E-state index in [4.69, 9.17) is 4.52 Å². The van der Waals surface area contributed by atoms with Gasteiger partial charge in [-0.25, -0.2) is 4.98 Å². The molecule has 0 aromatic carbocycles. The summed E-state index contributed by atoms with van der Waals surface area (Å²) in [6.45, 7) is 10.1. The van der Waals surface area contributed by atoms with Crippen LogP contribution in [0, 0.1) is 0 Å². The first-order valence-electron chi connectivity index (χ1n) is 10.1. The highest BCUT2D eigenvalue weighted by atomic mass is 35.5. The number of hydrogen-bond donors (Lipinski definition) is 2. The third-order valence-electron chi connectivity index (χ3n) is 5.43. The number of amides is 1. The molecule has 0 unspecified atom stereocenters. The van der Waals surface area contributed by atoms with Gasteiger partial charge < -0.3 is 20.1 Å². The molecule has 28 heavy (non-hydrogen) atoms. The third-order valence-corrected chi connectivity index (χ3v) is 5.43. The Hall–Kier alpha value is -1.70. The Kier molecular flexibility index (Phi) is 6.91. The monoisotopic (exact) mass is 407 g/mol. The van der Waals surface area contributed by atoms with Crippen molar-refractivity contribution in [1.29, 1.82) is 0 Å². The second-order valence-corrected chi connectivity index (χ2v) is 7.97. The number of piperazine rings is 1. The molecule has 154 valence electrons. The summed E-state index contributed by atoms with van der Waals surface area (Å²) in [6.07, 6.45) is 3.22. The lowest BCUT2D eigenvalue weighted by Gasteiger charge is -2.27. The minimum Gasteiger partial charge on any atom is -0.352 e. The van der Waals surface area contributed by atoms with E-state index in [2.05, 4.69) is 39.5 Å². The van der Waals surface area contributed by atoms with Gasteiger partial charge in [-0.05, 0) is 37.8 Å². The number of carbonyl (C=O) groups is 1. The molecule has 1 aliphatic heterocycles. The molecule has 0 bridgehead atoms. The number of fused-ring (bicyclic) bond motifs is 1. The molecular weight excluding hydrogens is 378 g/mol. The maximum absolute atomic E-state index is 12.9. The number of aromatic nitrogens is 2. The van der Waals surface area contributed by atoms with Crippen LogP contribution in [-0.2, 0) is 0 Å². The summed E-state index contributed by atoms with van der Waals surface area (Å²) in [5.74, 6) is 0.593. The maximum Gasteiger partial charge on any atom is 0.259 e. The Balaban J connectivity index is 0.00000225. The number of nitrogens with one attached hydrogen (secondary N) is 2. The zero-order chi connectivity index (χ0) is 18.8. The van der Waals surface area contributed by atoms with Gasteiger partial charge in [0, 0.05) is 44.3 Å². The van der Waals surface area contributed by atoms with Gasteiger partial charge in [0.2, 0.25) is 0 Å². The first kappa shape index (κ1) is 21.0. The predicted octanol–water partition coefficient (Wildman–Crippen LogP) is 2.67. The second-order valence-electron chi connectivity index (χ2n) is 7.97. The fraction of sp³-hybridized carbons (Fsp3) is 0.650. The van der Waals surface area contributed by atoms with E-state index in [1.807, 2.05) is 6.07 Å². The molecule has 1 aliphatic carbocycles. The number of carbonyl (C=O) groups excluding carboxylic acids is 1. The summed E-state index contributed by atoms with van der Waals surface area (Å²) in [6, 6.07) is 1.95. The van der Waals surface area contributed by atoms with Gasteiger partial charge in [0.1, 0.15) is 0 Å². The predicted molar refractivity (Wildman–Crippen MR) is 111 cm³/mol. The van der Waals surface area contributed by atoms with Crippen LogP contribution in [0.2, 0.25) is 0 Å². The van der Waals surface area contributed by atoms with Gasteiger partial charge in [-0.1, -0.05) is 19.0 Å². The van der Waals surface area contributed by atoms with Crippen LogP contribution >= 0.6 is 12.4 Å². The number of hydrogen-bond acceptors (Lipinski definition) is 6. The van der Waals surface area contributed by atoms with Gasteiger partial charge in [-0.3, -0.25) is 4.79 Å². The SMILES string of the molecule is CC(C)c1noc2nc(C3CC3)cc(C(=O)NCCCN3CCNCC3)c12.Cl. The largest absolute Gasteiger partial charge is 0.352 e. The topological polar surface area (TPSA) is 83.3 Å². The van der Waals surface area contributed by atoms with Crippen molar-refractivity contribution in [1.82, 2.24) is 25.7 Å². The summed E-state index contributed by atoms with van der Waals surface area (Å²) >= 11 is 0. The van der Waals surface area contributed by atoms with Crippen LogP contribution in [0.25, 0.3) is 11.1 Å². The molecule has 0 atom stereocenters. The molecule has 8 heteroatoms. The van der Waals surface area contributed by atoms with Crippen molar-refractivity contribution in [2.45, 2.75) is 44.9 Å². The Morgan fingerprint density at radius 2 is 2.11 bits per heavy atom. The van der Waals surface area contributed by atoms with E-state index < -0.39 is 0 Å². The summed E-state index contributed by atoms with van der Waals surface area (Å²) in [5.41, 5.74) is 2.92. The molecule has 3 heterocycles. The van der Waals surface area contributed by atoms with Gasteiger partial charge in [-0.2, -0.15) is 0 Å². The lowest BCUT2D eigenvalue weighted by atomic mass is 10.0. The Bertz CT molecular complexity index is 812. The van der Waals surface area contributed by atoms with Crippen molar-refractivity contribution in [3.8, 4) is 0 Å².